The number of ether oxygens (including phenoxy) is 1. The molecule has 1 saturated carbocycles. The Bertz CT molecular complexity index is 396. The van der Waals surface area contributed by atoms with Crippen LogP contribution in [-0.4, -0.2) is 28.7 Å². The van der Waals surface area contributed by atoms with Gasteiger partial charge in [0.1, 0.15) is 0 Å². The number of rotatable bonds is 2. The molecule has 1 aromatic heterocycles. The SMILES string of the molecule is Cc1ccnc(N[C@@H]2CCC[C@H]3OCC[C@H]23)n1. The van der Waals surface area contributed by atoms with Crippen molar-refractivity contribution in [1.82, 2.24) is 9.97 Å². The first-order valence-electron chi connectivity index (χ1n) is 6.51. The van der Waals surface area contributed by atoms with E-state index in [1.54, 1.807) is 0 Å². The fraction of sp³-hybridized carbons (Fsp3) is 0.692. The second-order valence-electron chi connectivity index (χ2n) is 5.07. The molecule has 0 bridgehead atoms. The van der Waals surface area contributed by atoms with Crippen LogP contribution in [0.25, 0.3) is 0 Å². The highest BCUT2D eigenvalue weighted by atomic mass is 16.5. The Labute approximate surface area is 102 Å². The molecule has 0 aromatic carbocycles. The molecule has 2 heterocycles. The van der Waals surface area contributed by atoms with Crippen LogP contribution < -0.4 is 5.32 Å². The first-order valence-corrected chi connectivity index (χ1v) is 6.51. The minimum absolute atomic E-state index is 0.464. The Hall–Kier alpha value is -1.16. The largest absolute Gasteiger partial charge is 0.378 e. The lowest BCUT2D eigenvalue weighted by Gasteiger charge is -2.33. The van der Waals surface area contributed by atoms with E-state index in [0.717, 1.165) is 18.2 Å². The molecule has 4 nitrogen and oxygen atoms in total. The molecule has 1 N–H and O–H groups in total. The van der Waals surface area contributed by atoms with Crippen molar-refractivity contribution < 1.29 is 4.74 Å². The van der Waals surface area contributed by atoms with Gasteiger partial charge in [0, 0.05) is 30.5 Å². The Morgan fingerprint density at radius 2 is 2.29 bits per heavy atom. The summed E-state index contributed by atoms with van der Waals surface area (Å²) in [5, 5.41) is 3.49. The zero-order valence-electron chi connectivity index (χ0n) is 10.2. The molecule has 1 aliphatic carbocycles. The van der Waals surface area contributed by atoms with Gasteiger partial charge >= 0.3 is 0 Å². The lowest BCUT2D eigenvalue weighted by Crippen LogP contribution is -2.38. The summed E-state index contributed by atoms with van der Waals surface area (Å²) in [5.74, 6) is 1.41. The summed E-state index contributed by atoms with van der Waals surface area (Å²) < 4.78 is 5.77. The minimum Gasteiger partial charge on any atom is -0.378 e. The number of anilines is 1. The van der Waals surface area contributed by atoms with E-state index in [1.807, 2.05) is 19.2 Å². The first-order chi connectivity index (χ1) is 8.33. The van der Waals surface area contributed by atoms with Crippen molar-refractivity contribution >= 4 is 5.95 Å². The van der Waals surface area contributed by atoms with Crippen molar-refractivity contribution in [2.75, 3.05) is 11.9 Å². The third-order valence-corrected chi connectivity index (χ3v) is 3.89. The van der Waals surface area contributed by atoms with Gasteiger partial charge in [-0.05, 0) is 38.7 Å². The van der Waals surface area contributed by atoms with Gasteiger partial charge < -0.3 is 10.1 Å². The van der Waals surface area contributed by atoms with Gasteiger partial charge in [-0.25, -0.2) is 9.97 Å². The molecule has 2 fully saturated rings. The lowest BCUT2D eigenvalue weighted by atomic mass is 9.82. The standard InChI is InChI=1S/C13H19N3O/c1-9-5-7-14-13(15-9)16-11-3-2-4-12-10(11)6-8-17-12/h5,7,10-12H,2-4,6,8H2,1H3,(H,14,15,16)/t10-,11-,12-/m1/s1. The lowest BCUT2D eigenvalue weighted by molar-refractivity contribution is 0.0619. The van der Waals surface area contributed by atoms with Crippen LogP contribution >= 0.6 is 0 Å². The Morgan fingerprint density at radius 1 is 1.35 bits per heavy atom. The van der Waals surface area contributed by atoms with Crippen molar-refractivity contribution in [3.8, 4) is 0 Å². The molecule has 92 valence electrons. The summed E-state index contributed by atoms with van der Waals surface area (Å²) in [5.41, 5.74) is 1.01. The van der Waals surface area contributed by atoms with Crippen molar-refractivity contribution in [3.05, 3.63) is 18.0 Å². The number of nitrogens with zero attached hydrogens (tertiary/aromatic N) is 2. The molecule has 1 aromatic rings. The quantitative estimate of drug-likeness (QED) is 0.850. The van der Waals surface area contributed by atoms with Crippen molar-refractivity contribution in [2.24, 2.45) is 5.92 Å². The second kappa shape index (κ2) is 4.61. The third kappa shape index (κ3) is 2.27. The number of aryl methyl sites for hydroxylation is 1. The normalized spacial score (nSPS) is 32.2. The van der Waals surface area contributed by atoms with Crippen molar-refractivity contribution in [1.29, 1.82) is 0 Å². The van der Waals surface area contributed by atoms with E-state index < -0.39 is 0 Å². The molecule has 0 radical (unpaired) electrons. The minimum atomic E-state index is 0.464. The fourth-order valence-electron chi connectivity index (χ4n) is 3.04. The van der Waals surface area contributed by atoms with Crippen LogP contribution in [-0.2, 0) is 4.74 Å². The maximum atomic E-state index is 5.77. The van der Waals surface area contributed by atoms with Gasteiger partial charge in [0.25, 0.3) is 0 Å². The monoisotopic (exact) mass is 233 g/mol. The maximum Gasteiger partial charge on any atom is 0.223 e. The Morgan fingerprint density at radius 3 is 3.18 bits per heavy atom. The van der Waals surface area contributed by atoms with E-state index in [1.165, 1.54) is 25.7 Å². The predicted molar refractivity (Wildman–Crippen MR) is 65.9 cm³/mol. The number of hydrogen-bond acceptors (Lipinski definition) is 4. The molecule has 2 aliphatic rings. The van der Waals surface area contributed by atoms with E-state index in [4.69, 9.17) is 4.74 Å². The van der Waals surface area contributed by atoms with Gasteiger partial charge in [-0.2, -0.15) is 0 Å². The zero-order chi connectivity index (χ0) is 11.7. The molecule has 0 spiro atoms. The topological polar surface area (TPSA) is 47.0 Å². The average Bonchev–Trinajstić information content (AvgIpc) is 2.78. The van der Waals surface area contributed by atoms with Crippen LogP contribution in [0.4, 0.5) is 5.95 Å². The summed E-state index contributed by atoms with van der Waals surface area (Å²) >= 11 is 0. The molecule has 0 amide bonds. The van der Waals surface area contributed by atoms with Gasteiger partial charge in [0.05, 0.1) is 6.10 Å². The van der Waals surface area contributed by atoms with Gasteiger partial charge in [-0.3, -0.25) is 0 Å². The first kappa shape index (κ1) is 11.0. The van der Waals surface area contributed by atoms with Gasteiger partial charge in [0.2, 0.25) is 5.95 Å². The molecule has 4 heteroatoms. The molecule has 3 atom stereocenters. The predicted octanol–water partition coefficient (Wildman–Crippen LogP) is 2.15. The van der Waals surface area contributed by atoms with Crippen LogP contribution in [0.5, 0.6) is 0 Å². The fourth-order valence-corrected chi connectivity index (χ4v) is 3.04. The van der Waals surface area contributed by atoms with Gasteiger partial charge in [-0.1, -0.05) is 0 Å². The Balaban J connectivity index is 1.71. The molecule has 0 unspecified atom stereocenters. The third-order valence-electron chi connectivity index (χ3n) is 3.89. The highest BCUT2D eigenvalue weighted by Gasteiger charge is 2.37. The van der Waals surface area contributed by atoms with Crippen LogP contribution in [0.15, 0.2) is 12.3 Å². The van der Waals surface area contributed by atoms with Crippen LogP contribution in [0.1, 0.15) is 31.4 Å². The molecule has 17 heavy (non-hydrogen) atoms. The van der Waals surface area contributed by atoms with Crippen LogP contribution in [0.3, 0.4) is 0 Å². The summed E-state index contributed by atoms with van der Waals surface area (Å²) in [6.07, 6.45) is 7.12. The van der Waals surface area contributed by atoms with E-state index in [2.05, 4.69) is 15.3 Å². The molecular weight excluding hydrogens is 214 g/mol. The van der Waals surface area contributed by atoms with Crippen LogP contribution in [0.2, 0.25) is 0 Å². The second-order valence-corrected chi connectivity index (χ2v) is 5.07. The zero-order valence-corrected chi connectivity index (χ0v) is 10.2. The number of fused-ring (bicyclic) bond motifs is 1. The highest BCUT2D eigenvalue weighted by Crippen LogP contribution is 2.35. The van der Waals surface area contributed by atoms with E-state index in [-0.39, 0.29) is 0 Å². The van der Waals surface area contributed by atoms with E-state index in [9.17, 15) is 0 Å². The summed E-state index contributed by atoms with van der Waals surface area (Å²) in [4.78, 5) is 8.70. The van der Waals surface area contributed by atoms with Gasteiger partial charge in [-0.15, -0.1) is 0 Å². The average molecular weight is 233 g/mol. The molecule has 1 saturated heterocycles. The van der Waals surface area contributed by atoms with E-state index in [0.29, 0.717) is 18.1 Å². The summed E-state index contributed by atoms with van der Waals surface area (Å²) in [6.45, 7) is 2.91. The van der Waals surface area contributed by atoms with E-state index >= 15 is 0 Å². The van der Waals surface area contributed by atoms with Gasteiger partial charge in [0.15, 0.2) is 0 Å². The number of nitrogens with one attached hydrogen (secondary N) is 1. The number of aromatic nitrogens is 2. The maximum absolute atomic E-state index is 5.77. The molecule has 3 rings (SSSR count). The molecular formula is C13H19N3O. The molecule has 1 aliphatic heterocycles. The Kier molecular flexibility index (Phi) is 2.97. The smallest absolute Gasteiger partial charge is 0.223 e. The van der Waals surface area contributed by atoms with Crippen molar-refractivity contribution in [2.45, 2.75) is 44.8 Å². The van der Waals surface area contributed by atoms with Crippen LogP contribution in [0, 0.1) is 12.8 Å². The summed E-state index contributed by atoms with van der Waals surface area (Å²) in [7, 11) is 0. The summed E-state index contributed by atoms with van der Waals surface area (Å²) in [6, 6.07) is 2.41. The number of hydrogen-bond donors (Lipinski definition) is 1. The highest BCUT2D eigenvalue weighted by molar-refractivity contribution is 5.27. The van der Waals surface area contributed by atoms with Crippen molar-refractivity contribution in [3.63, 3.8) is 0 Å².